The maximum absolute atomic E-state index is 11.0. The Balaban J connectivity index is 2.26. The van der Waals surface area contributed by atoms with Gasteiger partial charge in [-0.05, 0) is 31.7 Å². The number of hydrogen-bond donors (Lipinski definition) is 2. The third kappa shape index (κ3) is 4.44. The number of primary amides is 1. The molecular formula is C11H20N2O2. The molecule has 0 radical (unpaired) electrons. The first kappa shape index (κ1) is 12.2. The van der Waals surface area contributed by atoms with Crippen LogP contribution in [0, 0.1) is 5.92 Å². The van der Waals surface area contributed by atoms with Gasteiger partial charge in [-0.15, -0.1) is 0 Å². The molecule has 0 aromatic heterocycles. The average Bonchev–Trinajstić information content (AvgIpc) is 2.25. The zero-order valence-corrected chi connectivity index (χ0v) is 9.24. The van der Waals surface area contributed by atoms with E-state index in [1.54, 1.807) is 7.11 Å². The molecule has 0 spiro atoms. The molecule has 0 aromatic rings. The standard InChI is InChI=1S/C11H20N2O2/c1-15-8-10(11(12)14)13-7-9-5-3-2-4-6-9/h2-3,9-10,13H,4-8H2,1H3,(H2,12,14). The Labute approximate surface area is 90.9 Å². The van der Waals surface area contributed by atoms with Crippen LogP contribution in [-0.2, 0) is 9.53 Å². The number of carbonyl (C=O) groups excluding carboxylic acids is 1. The molecule has 0 bridgehead atoms. The van der Waals surface area contributed by atoms with E-state index in [-0.39, 0.29) is 11.9 Å². The molecule has 86 valence electrons. The number of carbonyl (C=O) groups is 1. The van der Waals surface area contributed by atoms with E-state index in [9.17, 15) is 4.79 Å². The van der Waals surface area contributed by atoms with Crippen molar-refractivity contribution in [1.82, 2.24) is 5.32 Å². The molecule has 0 saturated heterocycles. The fraction of sp³-hybridized carbons (Fsp3) is 0.727. The molecule has 4 heteroatoms. The molecule has 3 N–H and O–H groups in total. The molecule has 2 unspecified atom stereocenters. The molecule has 1 aliphatic rings. The highest BCUT2D eigenvalue weighted by Crippen LogP contribution is 2.16. The number of nitrogens with two attached hydrogens (primary N) is 1. The van der Waals surface area contributed by atoms with Crippen molar-refractivity contribution in [3.63, 3.8) is 0 Å². The van der Waals surface area contributed by atoms with Gasteiger partial charge in [0.2, 0.25) is 5.91 Å². The summed E-state index contributed by atoms with van der Waals surface area (Å²) in [6.45, 7) is 1.18. The fourth-order valence-electron chi connectivity index (χ4n) is 1.76. The van der Waals surface area contributed by atoms with Crippen molar-refractivity contribution < 1.29 is 9.53 Å². The molecule has 1 amide bonds. The minimum absolute atomic E-state index is 0.344. The van der Waals surface area contributed by atoms with Crippen LogP contribution in [0.3, 0.4) is 0 Å². The van der Waals surface area contributed by atoms with Crippen molar-refractivity contribution in [2.45, 2.75) is 25.3 Å². The highest BCUT2D eigenvalue weighted by Gasteiger charge is 2.17. The third-order valence-electron chi connectivity index (χ3n) is 2.71. The first-order chi connectivity index (χ1) is 7.24. The lowest BCUT2D eigenvalue weighted by atomic mass is 9.94. The summed E-state index contributed by atoms with van der Waals surface area (Å²) < 4.78 is 4.93. The van der Waals surface area contributed by atoms with Gasteiger partial charge >= 0.3 is 0 Å². The van der Waals surface area contributed by atoms with Crippen molar-refractivity contribution in [1.29, 1.82) is 0 Å². The van der Waals surface area contributed by atoms with E-state index in [1.165, 1.54) is 6.42 Å². The lowest BCUT2D eigenvalue weighted by molar-refractivity contribution is -0.121. The largest absolute Gasteiger partial charge is 0.383 e. The molecule has 0 heterocycles. The van der Waals surface area contributed by atoms with Crippen molar-refractivity contribution in [3.8, 4) is 0 Å². The minimum Gasteiger partial charge on any atom is -0.383 e. The molecule has 4 nitrogen and oxygen atoms in total. The van der Waals surface area contributed by atoms with Crippen LogP contribution in [0.15, 0.2) is 12.2 Å². The van der Waals surface area contributed by atoms with Gasteiger partial charge in [-0.1, -0.05) is 12.2 Å². The van der Waals surface area contributed by atoms with E-state index in [0.717, 1.165) is 19.4 Å². The summed E-state index contributed by atoms with van der Waals surface area (Å²) >= 11 is 0. The number of hydrogen-bond acceptors (Lipinski definition) is 3. The molecule has 15 heavy (non-hydrogen) atoms. The number of methoxy groups -OCH3 is 1. The molecular weight excluding hydrogens is 192 g/mol. The average molecular weight is 212 g/mol. The lowest BCUT2D eigenvalue weighted by Gasteiger charge is -2.21. The topological polar surface area (TPSA) is 64.3 Å². The van der Waals surface area contributed by atoms with Gasteiger partial charge in [-0.25, -0.2) is 0 Å². The molecule has 2 atom stereocenters. The first-order valence-corrected chi connectivity index (χ1v) is 5.40. The second-order valence-corrected chi connectivity index (χ2v) is 3.97. The predicted octanol–water partition coefficient (Wildman–Crippen LogP) is 0.433. The Kier molecular flexibility index (Phi) is 5.36. The monoisotopic (exact) mass is 212 g/mol. The number of amides is 1. The zero-order chi connectivity index (χ0) is 11.1. The molecule has 0 aliphatic heterocycles. The van der Waals surface area contributed by atoms with Crippen LogP contribution in [0.1, 0.15) is 19.3 Å². The van der Waals surface area contributed by atoms with Gasteiger partial charge in [-0.3, -0.25) is 4.79 Å². The molecule has 1 rings (SSSR count). The molecule has 1 aliphatic carbocycles. The lowest BCUT2D eigenvalue weighted by Crippen LogP contribution is -2.46. The van der Waals surface area contributed by atoms with Crippen LogP contribution >= 0.6 is 0 Å². The smallest absolute Gasteiger partial charge is 0.236 e. The second kappa shape index (κ2) is 6.58. The Hall–Kier alpha value is -0.870. The highest BCUT2D eigenvalue weighted by atomic mass is 16.5. The van der Waals surface area contributed by atoms with Crippen LogP contribution in [0.4, 0.5) is 0 Å². The van der Waals surface area contributed by atoms with Gasteiger partial charge in [0.15, 0.2) is 0 Å². The fourth-order valence-corrected chi connectivity index (χ4v) is 1.76. The van der Waals surface area contributed by atoms with Gasteiger partial charge in [0.25, 0.3) is 0 Å². The Bertz CT molecular complexity index is 229. The van der Waals surface area contributed by atoms with E-state index in [4.69, 9.17) is 10.5 Å². The van der Waals surface area contributed by atoms with E-state index in [2.05, 4.69) is 17.5 Å². The third-order valence-corrected chi connectivity index (χ3v) is 2.71. The van der Waals surface area contributed by atoms with Crippen LogP contribution in [0.5, 0.6) is 0 Å². The Morgan fingerprint density at radius 3 is 3.00 bits per heavy atom. The van der Waals surface area contributed by atoms with Gasteiger partial charge < -0.3 is 15.8 Å². The molecule has 0 fully saturated rings. The number of ether oxygens (including phenoxy) is 1. The highest BCUT2D eigenvalue weighted by molar-refractivity contribution is 5.79. The van der Waals surface area contributed by atoms with E-state index in [0.29, 0.717) is 12.5 Å². The minimum atomic E-state index is -0.360. The van der Waals surface area contributed by atoms with Crippen LogP contribution in [-0.4, -0.2) is 32.2 Å². The zero-order valence-electron chi connectivity index (χ0n) is 9.24. The van der Waals surface area contributed by atoms with Gasteiger partial charge in [-0.2, -0.15) is 0 Å². The number of allylic oxidation sites excluding steroid dienone is 2. The number of nitrogens with one attached hydrogen (secondary N) is 1. The summed E-state index contributed by atoms with van der Waals surface area (Å²) in [6.07, 6.45) is 7.81. The summed E-state index contributed by atoms with van der Waals surface area (Å²) in [5.41, 5.74) is 5.24. The number of rotatable bonds is 6. The van der Waals surface area contributed by atoms with Gasteiger partial charge in [0.05, 0.1) is 6.61 Å². The van der Waals surface area contributed by atoms with E-state index >= 15 is 0 Å². The summed E-state index contributed by atoms with van der Waals surface area (Å²) in [6, 6.07) is -0.360. The molecule has 0 aromatic carbocycles. The normalized spacial score (nSPS) is 22.6. The van der Waals surface area contributed by atoms with Crippen molar-refractivity contribution in [2.75, 3.05) is 20.3 Å². The summed E-state index contributed by atoms with van der Waals surface area (Å²) in [4.78, 5) is 11.0. The van der Waals surface area contributed by atoms with Gasteiger partial charge in [0, 0.05) is 7.11 Å². The van der Waals surface area contributed by atoms with Crippen molar-refractivity contribution in [2.24, 2.45) is 11.7 Å². The van der Waals surface area contributed by atoms with Crippen molar-refractivity contribution in [3.05, 3.63) is 12.2 Å². The maximum atomic E-state index is 11.0. The Morgan fingerprint density at radius 2 is 2.47 bits per heavy atom. The summed E-state index contributed by atoms with van der Waals surface area (Å²) in [7, 11) is 1.57. The summed E-state index contributed by atoms with van der Waals surface area (Å²) in [5, 5.41) is 3.16. The van der Waals surface area contributed by atoms with Crippen LogP contribution in [0.2, 0.25) is 0 Å². The SMILES string of the molecule is COCC(NCC1CC=CCC1)C(N)=O. The Morgan fingerprint density at radius 1 is 1.67 bits per heavy atom. The summed E-state index contributed by atoms with van der Waals surface area (Å²) in [5.74, 6) is 0.275. The van der Waals surface area contributed by atoms with Crippen LogP contribution < -0.4 is 11.1 Å². The van der Waals surface area contributed by atoms with E-state index in [1.807, 2.05) is 0 Å². The van der Waals surface area contributed by atoms with Gasteiger partial charge in [0.1, 0.15) is 6.04 Å². The predicted molar refractivity (Wildman–Crippen MR) is 59.3 cm³/mol. The molecule has 0 saturated carbocycles. The first-order valence-electron chi connectivity index (χ1n) is 5.40. The van der Waals surface area contributed by atoms with Crippen molar-refractivity contribution >= 4 is 5.91 Å². The second-order valence-electron chi connectivity index (χ2n) is 3.97. The van der Waals surface area contributed by atoms with E-state index < -0.39 is 0 Å². The maximum Gasteiger partial charge on any atom is 0.236 e. The van der Waals surface area contributed by atoms with Crippen LogP contribution in [0.25, 0.3) is 0 Å². The quantitative estimate of drug-likeness (QED) is 0.628.